The first-order valence-corrected chi connectivity index (χ1v) is 6.86. The molecule has 3 aromatic rings. The molecule has 4 nitrogen and oxygen atoms in total. The Kier molecular flexibility index (Phi) is 3.31. The molecule has 0 aliphatic heterocycles. The Balaban J connectivity index is 2.26. The Morgan fingerprint density at radius 3 is 2.89 bits per heavy atom. The Labute approximate surface area is 119 Å². The van der Waals surface area contributed by atoms with E-state index in [0.29, 0.717) is 6.54 Å². The topological polar surface area (TPSA) is 56.2 Å². The Morgan fingerprint density at radius 2 is 2.16 bits per heavy atom. The summed E-state index contributed by atoms with van der Waals surface area (Å²) in [5, 5.41) is 0. The molecule has 0 atom stereocenters. The largest absolute Gasteiger partial charge is 0.330 e. The highest BCUT2D eigenvalue weighted by Gasteiger charge is 2.13. The van der Waals surface area contributed by atoms with Crippen LogP contribution in [0.3, 0.4) is 0 Å². The van der Waals surface area contributed by atoms with E-state index in [1.807, 2.05) is 36.7 Å². The van der Waals surface area contributed by atoms with Gasteiger partial charge in [-0.05, 0) is 46.7 Å². The highest BCUT2D eigenvalue weighted by Crippen LogP contribution is 2.25. The van der Waals surface area contributed by atoms with Gasteiger partial charge in [0.2, 0.25) is 0 Å². The van der Waals surface area contributed by atoms with Crippen molar-refractivity contribution in [1.82, 2.24) is 14.4 Å². The zero-order valence-corrected chi connectivity index (χ0v) is 11.8. The number of halogens is 1. The van der Waals surface area contributed by atoms with Crippen LogP contribution >= 0.6 is 15.9 Å². The average molecular weight is 317 g/mol. The molecule has 3 heterocycles. The highest BCUT2D eigenvalue weighted by atomic mass is 79.9. The van der Waals surface area contributed by atoms with Gasteiger partial charge >= 0.3 is 0 Å². The maximum absolute atomic E-state index is 5.73. The van der Waals surface area contributed by atoms with Gasteiger partial charge in [-0.3, -0.25) is 4.98 Å². The number of rotatable bonds is 3. The molecule has 0 unspecified atom stereocenters. The van der Waals surface area contributed by atoms with E-state index in [9.17, 15) is 0 Å². The van der Waals surface area contributed by atoms with Gasteiger partial charge in [0.15, 0.2) is 0 Å². The molecule has 0 saturated heterocycles. The number of hydrogen-bond donors (Lipinski definition) is 1. The van der Waals surface area contributed by atoms with Crippen LogP contribution < -0.4 is 5.73 Å². The summed E-state index contributed by atoms with van der Waals surface area (Å²) < 4.78 is 3.10. The molecular weight excluding hydrogens is 304 g/mol. The summed E-state index contributed by atoms with van der Waals surface area (Å²) in [6.45, 7) is 0.591. The lowest BCUT2D eigenvalue weighted by atomic mass is 10.1. The van der Waals surface area contributed by atoms with Crippen molar-refractivity contribution in [2.75, 3.05) is 6.54 Å². The van der Waals surface area contributed by atoms with E-state index in [4.69, 9.17) is 5.73 Å². The van der Waals surface area contributed by atoms with Crippen LogP contribution in [-0.4, -0.2) is 20.9 Å². The minimum absolute atomic E-state index is 0.591. The lowest BCUT2D eigenvalue weighted by Crippen LogP contribution is -2.06. The van der Waals surface area contributed by atoms with Crippen LogP contribution in [0, 0.1) is 0 Å². The van der Waals surface area contributed by atoms with Crippen LogP contribution in [0.4, 0.5) is 0 Å². The number of aromatic nitrogens is 3. The molecule has 0 bridgehead atoms. The lowest BCUT2D eigenvalue weighted by Gasteiger charge is -2.03. The summed E-state index contributed by atoms with van der Waals surface area (Å²) in [4.78, 5) is 8.85. The summed E-state index contributed by atoms with van der Waals surface area (Å²) in [6, 6.07) is 7.91. The van der Waals surface area contributed by atoms with Crippen LogP contribution in [0.15, 0.2) is 47.3 Å². The third-order valence-corrected chi connectivity index (χ3v) is 3.47. The molecule has 0 aliphatic carbocycles. The van der Waals surface area contributed by atoms with Gasteiger partial charge in [-0.25, -0.2) is 4.98 Å². The van der Waals surface area contributed by atoms with Gasteiger partial charge in [-0.15, -0.1) is 0 Å². The molecule has 5 heteroatoms. The normalized spacial score (nSPS) is 11.1. The Hall–Kier alpha value is -1.72. The molecule has 0 aliphatic rings. The van der Waals surface area contributed by atoms with Gasteiger partial charge in [0.05, 0.1) is 11.4 Å². The first-order chi connectivity index (χ1) is 9.29. The number of imidazole rings is 1. The third kappa shape index (κ3) is 2.27. The Morgan fingerprint density at radius 1 is 1.26 bits per heavy atom. The summed E-state index contributed by atoms with van der Waals surface area (Å²) >= 11 is 3.49. The van der Waals surface area contributed by atoms with Crippen molar-refractivity contribution in [1.29, 1.82) is 0 Å². The zero-order valence-electron chi connectivity index (χ0n) is 10.3. The maximum atomic E-state index is 5.73. The smallest absolute Gasteiger partial charge is 0.137 e. The lowest BCUT2D eigenvalue weighted by molar-refractivity contribution is 0.905. The summed E-state index contributed by atoms with van der Waals surface area (Å²) in [5.41, 5.74) is 9.74. The maximum Gasteiger partial charge on any atom is 0.137 e. The minimum atomic E-state index is 0.591. The molecule has 0 saturated carbocycles. The average Bonchev–Trinajstić information content (AvgIpc) is 2.79. The predicted octanol–water partition coefficient (Wildman–Crippen LogP) is 2.66. The van der Waals surface area contributed by atoms with Gasteiger partial charge in [0.25, 0.3) is 0 Å². The van der Waals surface area contributed by atoms with Crippen molar-refractivity contribution in [3.05, 3.63) is 53.0 Å². The van der Waals surface area contributed by atoms with E-state index in [0.717, 1.165) is 33.5 Å². The van der Waals surface area contributed by atoms with Crippen molar-refractivity contribution in [2.24, 2.45) is 5.73 Å². The first kappa shape index (κ1) is 12.3. The van der Waals surface area contributed by atoms with E-state index in [2.05, 4.69) is 30.3 Å². The molecule has 0 fully saturated rings. The zero-order chi connectivity index (χ0) is 13.2. The number of nitrogens with two attached hydrogens (primary N) is 1. The van der Waals surface area contributed by atoms with Crippen LogP contribution in [-0.2, 0) is 6.42 Å². The van der Waals surface area contributed by atoms with Crippen LogP contribution in [0.25, 0.3) is 16.9 Å². The highest BCUT2D eigenvalue weighted by molar-refractivity contribution is 9.10. The summed E-state index contributed by atoms with van der Waals surface area (Å²) in [6.07, 6.45) is 6.39. The second-order valence-electron chi connectivity index (χ2n) is 4.26. The second kappa shape index (κ2) is 5.11. The molecule has 3 aromatic heterocycles. The first-order valence-electron chi connectivity index (χ1n) is 6.06. The quantitative estimate of drug-likeness (QED) is 0.808. The van der Waals surface area contributed by atoms with Crippen molar-refractivity contribution in [3.8, 4) is 11.3 Å². The Bertz CT molecular complexity index is 706. The van der Waals surface area contributed by atoms with E-state index in [1.54, 1.807) is 6.20 Å². The number of pyridine rings is 2. The van der Waals surface area contributed by atoms with Crippen molar-refractivity contribution < 1.29 is 0 Å². The molecular formula is C14H13BrN4. The van der Waals surface area contributed by atoms with Crippen molar-refractivity contribution in [3.63, 3.8) is 0 Å². The van der Waals surface area contributed by atoms with Gasteiger partial charge < -0.3 is 10.1 Å². The monoisotopic (exact) mass is 316 g/mol. The van der Waals surface area contributed by atoms with Crippen LogP contribution in [0.2, 0.25) is 0 Å². The van der Waals surface area contributed by atoms with Crippen LogP contribution in [0.1, 0.15) is 5.69 Å². The van der Waals surface area contributed by atoms with E-state index in [-0.39, 0.29) is 0 Å². The fraction of sp³-hybridized carbons (Fsp3) is 0.143. The molecule has 19 heavy (non-hydrogen) atoms. The fourth-order valence-corrected chi connectivity index (χ4v) is 2.51. The molecule has 0 amide bonds. The third-order valence-electron chi connectivity index (χ3n) is 3.00. The predicted molar refractivity (Wildman–Crippen MR) is 78.9 cm³/mol. The van der Waals surface area contributed by atoms with Crippen molar-refractivity contribution >= 4 is 21.6 Å². The molecule has 0 radical (unpaired) electrons. The van der Waals surface area contributed by atoms with Gasteiger partial charge in [0.1, 0.15) is 5.65 Å². The van der Waals surface area contributed by atoms with E-state index < -0.39 is 0 Å². The van der Waals surface area contributed by atoms with E-state index in [1.165, 1.54) is 0 Å². The molecule has 96 valence electrons. The summed E-state index contributed by atoms with van der Waals surface area (Å²) in [5.74, 6) is 0. The van der Waals surface area contributed by atoms with Gasteiger partial charge in [-0.2, -0.15) is 0 Å². The van der Waals surface area contributed by atoms with Crippen molar-refractivity contribution in [2.45, 2.75) is 6.42 Å². The number of fused-ring (bicyclic) bond motifs is 1. The van der Waals surface area contributed by atoms with E-state index >= 15 is 0 Å². The van der Waals surface area contributed by atoms with Crippen LogP contribution in [0.5, 0.6) is 0 Å². The molecule has 2 N–H and O–H groups in total. The fourth-order valence-electron chi connectivity index (χ4n) is 2.18. The molecule has 3 rings (SSSR count). The number of hydrogen-bond acceptors (Lipinski definition) is 3. The van der Waals surface area contributed by atoms with Gasteiger partial charge in [0, 0.05) is 35.0 Å². The SMILES string of the molecule is NCCc1c(-c2cccnc2)nc2ccc(Br)cn12. The standard InChI is InChI=1S/C14H13BrN4/c15-11-3-4-13-18-14(10-2-1-7-17-8-10)12(5-6-16)19(13)9-11/h1-4,7-9H,5-6,16H2. The second-order valence-corrected chi connectivity index (χ2v) is 5.18. The van der Waals surface area contributed by atoms with Gasteiger partial charge in [-0.1, -0.05) is 0 Å². The molecule has 0 spiro atoms. The minimum Gasteiger partial charge on any atom is -0.330 e. The number of nitrogens with zero attached hydrogens (tertiary/aromatic N) is 3. The molecule has 0 aromatic carbocycles. The summed E-state index contributed by atoms with van der Waals surface area (Å²) in [7, 11) is 0.